The van der Waals surface area contributed by atoms with Gasteiger partial charge in [-0.05, 0) is 20.8 Å². The van der Waals surface area contributed by atoms with E-state index in [1.54, 1.807) is 0 Å². The van der Waals surface area contributed by atoms with Crippen LogP contribution in [0.25, 0.3) is 0 Å². The second kappa shape index (κ2) is 4.43. The molecule has 0 aliphatic heterocycles. The molecule has 0 bridgehead atoms. The van der Waals surface area contributed by atoms with Gasteiger partial charge in [-0.2, -0.15) is 9.36 Å². The lowest BCUT2D eigenvalue weighted by atomic mass is 10.1. The smallest absolute Gasteiger partial charge is 0.239 e. The number of carbonyl (C=O) groups is 1. The second-order valence-electron chi connectivity index (χ2n) is 4.11. The van der Waals surface area contributed by atoms with Gasteiger partial charge in [0.15, 0.2) is 0 Å². The van der Waals surface area contributed by atoms with Crippen LogP contribution in [0.1, 0.15) is 20.8 Å². The van der Waals surface area contributed by atoms with Crippen molar-refractivity contribution >= 4 is 28.5 Å². The maximum atomic E-state index is 11.4. The summed E-state index contributed by atoms with van der Waals surface area (Å²) in [6, 6.07) is 0. The zero-order chi connectivity index (χ0) is 11.5. The summed E-state index contributed by atoms with van der Waals surface area (Å²) in [6.07, 6.45) is 0. The van der Waals surface area contributed by atoms with Crippen LogP contribution in [0.2, 0.25) is 0 Å². The molecule has 0 fully saturated rings. The molecule has 0 unspecified atom stereocenters. The molecule has 15 heavy (non-hydrogen) atoms. The Balaban J connectivity index is 2.35. The Kier molecular flexibility index (Phi) is 3.46. The Morgan fingerprint density at radius 1 is 1.53 bits per heavy atom. The monoisotopic (exact) mass is 229 g/mol. The first-order valence-electron chi connectivity index (χ1n) is 4.51. The largest absolute Gasteiger partial charge is 0.367 e. The van der Waals surface area contributed by atoms with E-state index in [9.17, 15) is 4.79 Å². The molecule has 0 spiro atoms. The summed E-state index contributed by atoms with van der Waals surface area (Å²) in [7, 11) is 0. The highest BCUT2D eigenvalue weighted by molar-refractivity contribution is 7.09. The maximum Gasteiger partial charge on any atom is 0.239 e. The first-order valence-corrected chi connectivity index (χ1v) is 5.28. The zero-order valence-electron chi connectivity index (χ0n) is 9.00. The minimum absolute atomic E-state index is 0.0868. The Morgan fingerprint density at radius 3 is 2.67 bits per heavy atom. The molecule has 1 heterocycles. The van der Waals surface area contributed by atoms with Gasteiger partial charge in [-0.25, -0.2) is 0 Å². The van der Waals surface area contributed by atoms with Gasteiger partial charge in [0.05, 0.1) is 6.54 Å². The van der Waals surface area contributed by atoms with E-state index in [0.717, 1.165) is 11.5 Å². The molecule has 1 aromatic heterocycles. The Hall–Kier alpha value is -1.37. The molecule has 0 atom stereocenters. The van der Waals surface area contributed by atoms with Crippen molar-refractivity contribution < 1.29 is 4.79 Å². The summed E-state index contributed by atoms with van der Waals surface area (Å²) >= 11 is 1.13. The Labute approximate surface area is 92.4 Å². The van der Waals surface area contributed by atoms with Crippen LogP contribution in [0.3, 0.4) is 0 Å². The molecule has 0 aliphatic rings. The number of nitrogens with zero attached hydrogens (tertiary/aromatic N) is 2. The van der Waals surface area contributed by atoms with Crippen LogP contribution in [-0.4, -0.2) is 27.3 Å². The first-order chi connectivity index (χ1) is 6.87. The van der Waals surface area contributed by atoms with Gasteiger partial charge in [0.2, 0.25) is 17.0 Å². The average Bonchev–Trinajstić information content (AvgIpc) is 2.45. The third-order valence-corrected chi connectivity index (χ3v) is 2.04. The van der Waals surface area contributed by atoms with Crippen LogP contribution in [-0.2, 0) is 4.79 Å². The first kappa shape index (κ1) is 11.7. The van der Waals surface area contributed by atoms with Crippen molar-refractivity contribution in [1.29, 1.82) is 0 Å². The molecule has 1 aromatic rings. The summed E-state index contributed by atoms with van der Waals surface area (Å²) in [4.78, 5) is 15.3. The predicted molar refractivity (Wildman–Crippen MR) is 60.7 cm³/mol. The predicted octanol–water partition coefficient (Wildman–Crippen LogP) is 0.447. The molecule has 84 valence electrons. The molecule has 1 amide bonds. The molecule has 0 saturated heterocycles. The van der Waals surface area contributed by atoms with Crippen molar-refractivity contribution in [2.45, 2.75) is 26.3 Å². The maximum absolute atomic E-state index is 11.4. The van der Waals surface area contributed by atoms with Crippen LogP contribution in [0, 0.1) is 0 Å². The van der Waals surface area contributed by atoms with Gasteiger partial charge in [-0.15, -0.1) is 0 Å². The highest BCUT2D eigenvalue weighted by atomic mass is 32.1. The Bertz CT molecular complexity index is 343. The van der Waals surface area contributed by atoms with Crippen molar-refractivity contribution in [3.63, 3.8) is 0 Å². The van der Waals surface area contributed by atoms with Crippen LogP contribution < -0.4 is 16.4 Å². The van der Waals surface area contributed by atoms with Crippen LogP contribution in [0.5, 0.6) is 0 Å². The molecule has 7 heteroatoms. The number of amides is 1. The van der Waals surface area contributed by atoms with Crippen molar-refractivity contribution in [3.05, 3.63) is 0 Å². The number of anilines is 2. The lowest BCUT2D eigenvalue weighted by Crippen LogP contribution is -2.43. The van der Waals surface area contributed by atoms with Crippen molar-refractivity contribution in [2.24, 2.45) is 0 Å². The molecule has 0 aliphatic carbocycles. The normalized spacial score (nSPS) is 11.1. The number of nitrogen functional groups attached to an aromatic ring is 1. The fraction of sp³-hybridized carbons (Fsp3) is 0.625. The Morgan fingerprint density at radius 2 is 2.20 bits per heavy atom. The number of rotatable bonds is 3. The van der Waals surface area contributed by atoms with Gasteiger partial charge in [-0.1, -0.05) is 0 Å². The summed E-state index contributed by atoms with van der Waals surface area (Å²) in [6.45, 7) is 5.95. The topological polar surface area (TPSA) is 92.9 Å². The number of hydrogen-bond donors (Lipinski definition) is 3. The fourth-order valence-electron chi connectivity index (χ4n) is 0.925. The van der Waals surface area contributed by atoms with Gasteiger partial charge in [0.25, 0.3) is 0 Å². The number of aromatic nitrogens is 2. The molecular weight excluding hydrogens is 214 g/mol. The van der Waals surface area contributed by atoms with E-state index in [2.05, 4.69) is 20.0 Å². The fourth-order valence-corrected chi connectivity index (χ4v) is 1.42. The molecule has 0 saturated carbocycles. The minimum Gasteiger partial charge on any atom is -0.367 e. The number of hydrogen-bond acceptors (Lipinski definition) is 6. The summed E-state index contributed by atoms with van der Waals surface area (Å²) in [5, 5.41) is 6.21. The lowest BCUT2D eigenvalue weighted by Gasteiger charge is -2.20. The van der Waals surface area contributed by atoms with Gasteiger partial charge >= 0.3 is 0 Å². The number of nitrogens with one attached hydrogen (secondary N) is 2. The average molecular weight is 229 g/mol. The van der Waals surface area contributed by atoms with E-state index < -0.39 is 0 Å². The van der Waals surface area contributed by atoms with E-state index in [-0.39, 0.29) is 23.9 Å². The van der Waals surface area contributed by atoms with Crippen molar-refractivity contribution in [1.82, 2.24) is 14.7 Å². The summed E-state index contributed by atoms with van der Waals surface area (Å²) in [5.41, 5.74) is 5.11. The molecular formula is C8H15N5OS. The number of nitrogens with two attached hydrogens (primary N) is 1. The van der Waals surface area contributed by atoms with Gasteiger partial charge < -0.3 is 16.4 Å². The van der Waals surface area contributed by atoms with Gasteiger partial charge in [-0.3, -0.25) is 4.79 Å². The second-order valence-corrected chi connectivity index (χ2v) is 4.86. The minimum atomic E-state index is -0.223. The molecule has 6 nitrogen and oxygen atoms in total. The highest BCUT2D eigenvalue weighted by Crippen LogP contribution is 2.10. The van der Waals surface area contributed by atoms with E-state index in [4.69, 9.17) is 5.73 Å². The van der Waals surface area contributed by atoms with Crippen LogP contribution in [0.15, 0.2) is 0 Å². The third kappa shape index (κ3) is 4.59. The van der Waals surface area contributed by atoms with Crippen molar-refractivity contribution in [2.75, 3.05) is 17.6 Å². The SMILES string of the molecule is CC(C)(C)NC(=O)CNc1nc(N)ns1. The van der Waals surface area contributed by atoms with E-state index in [1.807, 2.05) is 20.8 Å². The van der Waals surface area contributed by atoms with Gasteiger partial charge in [0.1, 0.15) is 0 Å². The zero-order valence-corrected chi connectivity index (χ0v) is 9.81. The van der Waals surface area contributed by atoms with Crippen molar-refractivity contribution in [3.8, 4) is 0 Å². The molecule has 0 radical (unpaired) electrons. The quantitative estimate of drug-likeness (QED) is 0.699. The van der Waals surface area contributed by atoms with E-state index in [0.29, 0.717) is 5.13 Å². The highest BCUT2D eigenvalue weighted by Gasteiger charge is 2.13. The molecule has 0 aromatic carbocycles. The van der Waals surface area contributed by atoms with E-state index in [1.165, 1.54) is 0 Å². The van der Waals surface area contributed by atoms with Crippen LogP contribution in [0.4, 0.5) is 11.1 Å². The molecule has 1 rings (SSSR count). The summed E-state index contributed by atoms with van der Waals surface area (Å²) in [5.74, 6) is 0.134. The van der Waals surface area contributed by atoms with Gasteiger partial charge in [0, 0.05) is 17.1 Å². The number of carbonyl (C=O) groups excluding carboxylic acids is 1. The standard InChI is InChI=1S/C8H15N5OS/c1-8(2,3)12-5(14)4-10-7-11-6(9)13-15-7/h4H2,1-3H3,(H,12,14)(H3,9,10,11,13). The third-order valence-electron chi connectivity index (χ3n) is 1.36. The summed E-state index contributed by atoms with van der Waals surface area (Å²) < 4.78 is 3.78. The molecule has 4 N–H and O–H groups in total. The van der Waals surface area contributed by atoms with Crippen LogP contribution >= 0.6 is 11.5 Å². The lowest BCUT2D eigenvalue weighted by molar-refractivity contribution is -0.120. The van der Waals surface area contributed by atoms with E-state index >= 15 is 0 Å².